The Morgan fingerprint density at radius 1 is 1.17 bits per heavy atom. The van der Waals surface area contributed by atoms with Crippen LogP contribution in [0.25, 0.3) is 0 Å². The van der Waals surface area contributed by atoms with Crippen LogP contribution in [0.2, 0.25) is 0 Å². The predicted molar refractivity (Wildman–Crippen MR) is 115 cm³/mol. The summed E-state index contributed by atoms with van der Waals surface area (Å²) in [4.78, 5) is 29.4. The van der Waals surface area contributed by atoms with Gasteiger partial charge in [-0.2, -0.15) is 0 Å². The number of amides is 1. The molecule has 3 rings (SSSR count). The predicted octanol–water partition coefficient (Wildman–Crippen LogP) is 2.46. The van der Waals surface area contributed by atoms with E-state index in [9.17, 15) is 9.59 Å². The summed E-state index contributed by atoms with van der Waals surface area (Å²) in [5.41, 5.74) is 15.1. The van der Waals surface area contributed by atoms with Crippen molar-refractivity contribution in [2.75, 3.05) is 11.5 Å². The molecule has 0 atom stereocenters. The highest BCUT2D eigenvalue weighted by atomic mass is 16.2. The molecule has 2 heterocycles. The zero-order chi connectivity index (χ0) is 21.0. The lowest BCUT2D eigenvalue weighted by atomic mass is 9.84. The Bertz CT molecular complexity index is 945. The van der Waals surface area contributed by atoms with Gasteiger partial charge in [-0.25, -0.2) is 4.98 Å². The highest BCUT2D eigenvalue weighted by Crippen LogP contribution is 2.28. The molecule has 156 valence electrons. The molecule has 1 aliphatic carbocycles. The van der Waals surface area contributed by atoms with Gasteiger partial charge in [-0.05, 0) is 49.4 Å². The van der Waals surface area contributed by atoms with Gasteiger partial charge in [0, 0.05) is 17.9 Å². The number of nitrogen functional groups attached to an aromatic ring is 2. The normalized spacial score (nSPS) is 14.7. The van der Waals surface area contributed by atoms with Crippen LogP contribution in [0.15, 0.2) is 23.0 Å². The van der Waals surface area contributed by atoms with Crippen molar-refractivity contribution in [1.82, 2.24) is 14.9 Å². The minimum atomic E-state index is -0.281. The zero-order valence-electron chi connectivity index (χ0n) is 17.3. The number of hydrogen-bond donors (Lipinski definition) is 3. The minimum absolute atomic E-state index is 0.0555. The van der Waals surface area contributed by atoms with Gasteiger partial charge in [-0.1, -0.05) is 38.2 Å². The minimum Gasteiger partial charge on any atom is -0.394 e. The second-order valence-electron chi connectivity index (χ2n) is 8.08. The Kier molecular flexibility index (Phi) is 6.56. The van der Waals surface area contributed by atoms with E-state index in [-0.39, 0.29) is 23.7 Å². The first kappa shape index (κ1) is 20.9. The largest absolute Gasteiger partial charge is 0.394 e. The Hall–Kier alpha value is -2.83. The third-order valence-corrected chi connectivity index (χ3v) is 5.86. The zero-order valence-corrected chi connectivity index (χ0v) is 17.3. The lowest BCUT2D eigenvalue weighted by Gasteiger charge is -2.23. The number of aromatic nitrogens is 2. The van der Waals surface area contributed by atoms with Gasteiger partial charge >= 0.3 is 0 Å². The first-order chi connectivity index (χ1) is 13.8. The van der Waals surface area contributed by atoms with Crippen LogP contribution >= 0.6 is 0 Å². The summed E-state index contributed by atoms with van der Waals surface area (Å²) in [5, 5.41) is 2.84. The van der Waals surface area contributed by atoms with Crippen LogP contribution < -0.4 is 22.3 Å². The molecule has 0 spiro atoms. The van der Waals surface area contributed by atoms with E-state index in [2.05, 4.69) is 10.3 Å². The van der Waals surface area contributed by atoms with Crippen LogP contribution in [0, 0.1) is 19.8 Å². The van der Waals surface area contributed by atoms with Gasteiger partial charge in [0.25, 0.3) is 5.56 Å². The number of nitrogens with two attached hydrogens (primary N) is 2. The van der Waals surface area contributed by atoms with E-state index in [0.717, 1.165) is 28.9 Å². The molecule has 0 aliphatic heterocycles. The molecule has 0 unspecified atom stereocenters. The van der Waals surface area contributed by atoms with Gasteiger partial charge in [-0.15, -0.1) is 0 Å². The van der Waals surface area contributed by atoms with Gasteiger partial charge < -0.3 is 21.4 Å². The van der Waals surface area contributed by atoms with Crippen molar-refractivity contribution in [3.8, 4) is 0 Å². The van der Waals surface area contributed by atoms with E-state index in [1.54, 1.807) is 6.07 Å². The second kappa shape index (κ2) is 9.11. The van der Waals surface area contributed by atoms with E-state index in [4.69, 9.17) is 11.5 Å². The number of hydrogen-bond acceptors (Lipinski definition) is 5. The maximum atomic E-state index is 12.8. The van der Waals surface area contributed by atoms with Crippen molar-refractivity contribution in [2.45, 2.75) is 65.5 Å². The van der Waals surface area contributed by atoms with E-state index in [1.165, 1.54) is 36.7 Å². The lowest BCUT2D eigenvalue weighted by Crippen LogP contribution is -2.34. The topological polar surface area (TPSA) is 116 Å². The van der Waals surface area contributed by atoms with Gasteiger partial charge in [0.2, 0.25) is 5.91 Å². The first-order valence-electron chi connectivity index (χ1n) is 10.3. The number of anilines is 2. The molecule has 2 aromatic rings. The fourth-order valence-electron chi connectivity index (χ4n) is 4.11. The van der Waals surface area contributed by atoms with E-state index in [1.807, 2.05) is 26.0 Å². The summed E-state index contributed by atoms with van der Waals surface area (Å²) >= 11 is 0. The molecule has 2 aromatic heterocycles. The maximum absolute atomic E-state index is 12.8. The van der Waals surface area contributed by atoms with Crippen molar-refractivity contribution in [1.29, 1.82) is 0 Å². The summed E-state index contributed by atoms with van der Waals surface area (Å²) in [6.45, 7) is 3.98. The van der Waals surface area contributed by atoms with Crippen LogP contribution in [0.4, 0.5) is 11.5 Å². The Labute approximate surface area is 171 Å². The van der Waals surface area contributed by atoms with Gasteiger partial charge in [0.05, 0.1) is 0 Å². The molecule has 1 aliphatic rings. The summed E-state index contributed by atoms with van der Waals surface area (Å²) in [6, 6.07) is 5.51. The summed E-state index contributed by atoms with van der Waals surface area (Å²) in [5.74, 6) is 0.801. The number of nitrogens with one attached hydrogen (secondary N) is 1. The average Bonchev–Trinajstić information content (AvgIpc) is 2.69. The number of aryl methyl sites for hydroxylation is 2. The standard InChI is InChI=1S/C22H31N5O2/c1-14-10-18(11-16-6-4-3-5-7-16)21(24)22(29)27(14)13-20(28)25-12-17-8-9-19(23)26-15(17)2/h8-10,16H,3-7,11-13,24H2,1-2H3,(H2,23,26)(H,25,28). The van der Waals surface area contributed by atoms with Crippen molar-refractivity contribution in [3.63, 3.8) is 0 Å². The molecular weight excluding hydrogens is 366 g/mol. The Morgan fingerprint density at radius 3 is 2.59 bits per heavy atom. The molecule has 0 saturated heterocycles. The molecular formula is C22H31N5O2. The fraction of sp³-hybridized carbons (Fsp3) is 0.500. The van der Waals surface area contributed by atoms with Gasteiger partial charge in [-0.3, -0.25) is 9.59 Å². The summed E-state index contributed by atoms with van der Waals surface area (Å²) in [7, 11) is 0. The smallest absolute Gasteiger partial charge is 0.274 e. The molecule has 7 nitrogen and oxygen atoms in total. The van der Waals surface area contributed by atoms with Crippen molar-refractivity contribution < 1.29 is 4.79 Å². The van der Waals surface area contributed by atoms with Crippen LogP contribution in [0.1, 0.15) is 54.6 Å². The van der Waals surface area contributed by atoms with Crippen LogP contribution in [-0.2, 0) is 24.3 Å². The monoisotopic (exact) mass is 397 g/mol. The second-order valence-corrected chi connectivity index (χ2v) is 8.08. The molecule has 1 saturated carbocycles. The van der Waals surface area contributed by atoms with E-state index < -0.39 is 0 Å². The molecule has 0 aromatic carbocycles. The number of nitrogens with zero attached hydrogens (tertiary/aromatic N) is 2. The SMILES string of the molecule is Cc1nc(N)ccc1CNC(=O)Cn1c(C)cc(CC2CCCCC2)c(N)c1=O. The molecule has 1 amide bonds. The van der Waals surface area contributed by atoms with Crippen molar-refractivity contribution in [2.24, 2.45) is 5.92 Å². The molecule has 0 radical (unpaired) electrons. The van der Waals surface area contributed by atoms with Crippen molar-refractivity contribution >= 4 is 17.4 Å². The highest BCUT2D eigenvalue weighted by molar-refractivity contribution is 5.76. The molecule has 0 bridgehead atoms. The quantitative estimate of drug-likeness (QED) is 0.692. The maximum Gasteiger partial charge on any atom is 0.274 e. The Balaban J connectivity index is 1.67. The Morgan fingerprint density at radius 2 is 1.90 bits per heavy atom. The van der Waals surface area contributed by atoms with Gasteiger partial charge in [0.1, 0.15) is 18.1 Å². The van der Waals surface area contributed by atoms with Crippen LogP contribution in [0.3, 0.4) is 0 Å². The average molecular weight is 398 g/mol. The van der Waals surface area contributed by atoms with Crippen molar-refractivity contribution in [3.05, 3.63) is 51.1 Å². The van der Waals surface area contributed by atoms with E-state index in [0.29, 0.717) is 18.3 Å². The molecule has 5 N–H and O–H groups in total. The number of rotatable bonds is 6. The van der Waals surface area contributed by atoms with Crippen LogP contribution in [-0.4, -0.2) is 15.5 Å². The molecule has 1 fully saturated rings. The third kappa shape index (κ3) is 5.16. The van der Waals surface area contributed by atoms with E-state index >= 15 is 0 Å². The highest BCUT2D eigenvalue weighted by Gasteiger charge is 2.18. The number of pyridine rings is 2. The summed E-state index contributed by atoms with van der Waals surface area (Å²) in [6.07, 6.45) is 7.05. The first-order valence-corrected chi connectivity index (χ1v) is 10.3. The number of carbonyl (C=O) groups excluding carboxylic acids is 1. The molecule has 29 heavy (non-hydrogen) atoms. The van der Waals surface area contributed by atoms with Crippen LogP contribution in [0.5, 0.6) is 0 Å². The molecule has 7 heteroatoms. The lowest BCUT2D eigenvalue weighted by molar-refractivity contribution is -0.121. The van der Waals surface area contributed by atoms with Gasteiger partial charge in [0.15, 0.2) is 0 Å². The summed E-state index contributed by atoms with van der Waals surface area (Å²) < 4.78 is 1.45. The number of carbonyl (C=O) groups is 1. The third-order valence-electron chi connectivity index (χ3n) is 5.86. The fourth-order valence-corrected chi connectivity index (χ4v) is 4.11.